The number of alkyl halides is 3. The number of ether oxygens (including phenoxy) is 1. The van der Waals surface area contributed by atoms with E-state index in [9.17, 15) is 13.2 Å². The van der Waals surface area contributed by atoms with E-state index in [1.807, 2.05) is 6.07 Å². The van der Waals surface area contributed by atoms with Crippen LogP contribution in [0.5, 0.6) is 5.75 Å². The maximum Gasteiger partial charge on any atom is 0.573 e. The second kappa shape index (κ2) is 6.06. The molecule has 0 spiro atoms. The molecular formula is C17H9ClF3N3O2. The topological polar surface area (TPSA) is 53.1 Å². The Hall–Kier alpha value is -3.00. The molecule has 0 N–H and O–H groups in total. The zero-order chi connectivity index (χ0) is 18.3. The quantitative estimate of drug-likeness (QED) is 0.489. The van der Waals surface area contributed by atoms with Gasteiger partial charge in [-0.05, 0) is 35.4 Å². The average molecular weight is 380 g/mol. The number of halogens is 4. The fourth-order valence-corrected chi connectivity index (χ4v) is 2.70. The van der Waals surface area contributed by atoms with E-state index < -0.39 is 6.36 Å². The lowest BCUT2D eigenvalue weighted by Crippen LogP contribution is -2.16. The van der Waals surface area contributed by atoms with Gasteiger partial charge in [-0.15, -0.1) is 13.2 Å². The van der Waals surface area contributed by atoms with E-state index in [1.165, 1.54) is 18.5 Å². The fraction of sp³-hybridized carbons (Fsp3) is 0.0588. The van der Waals surface area contributed by atoms with Gasteiger partial charge >= 0.3 is 6.36 Å². The Labute approximate surface area is 149 Å². The lowest BCUT2D eigenvalue weighted by atomic mass is 10.0. The second-order valence-electron chi connectivity index (χ2n) is 5.39. The first-order chi connectivity index (χ1) is 12.4. The van der Waals surface area contributed by atoms with Crippen molar-refractivity contribution in [2.45, 2.75) is 6.36 Å². The summed E-state index contributed by atoms with van der Waals surface area (Å²) in [7, 11) is 0. The summed E-state index contributed by atoms with van der Waals surface area (Å²) in [6.45, 7) is 0. The summed E-state index contributed by atoms with van der Waals surface area (Å²) in [5.74, 6) is 0.235. The van der Waals surface area contributed by atoms with Crippen molar-refractivity contribution in [3.05, 3.63) is 60.1 Å². The molecule has 0 fully saturated rings. The number of benzene rings is 2. The molecule has 2 aromatic carbocycles. The Balaban J connectivity index is 1.71. The number of hydrogen-bond donors (Lipinski definition) is 0. The minimum Gasteiger partial charge on any atom is -0.406 e. The zero-order valence-corrected chi connectivity index (χ0v) is 13.6. The standard InChI is InChI=1S/C17H9ClF3N3O2/c18-15-8-24(9-22-15)16-13-7-11(3-6-14(13)26-23-16)10-1-4-12(5-2-10)25-17(19,20)21/h1-9H. The number of rotatable bonds is 3. The predicted molar refractivity (Wildman–Crippen MR) is 88.3 cm³/mol. The normalized spacial score (nSPS) is 11.8. The van der Waals surface area contributed by atoms with Gasteiger partial charge in [0.15, 0.2) is 11.4 Å². The molecule has 0 unspecified atom stereocenters. The van der Waals surface area contributed by atoms with Crippen LogP contribution < -0.4 is 4.74 Å². The molecule has 0 atom stereocenters. The predicted octanol–water partition coefficient (Wildman–Crippen LogP) is 5.23. The van der Waals surface area contributed by atoms with Crippen molar-refractivity contribution in [2.24, 2.45) is 0 Å². The third-order valence-electron chi connectivity index (χ3n) is 3.67. The molecule has 9 heteroatoms. The van der Waals surface area contributed by atoms with Gasteiger partial charge in [0, 0.05) is 6.20 Å². The first kappa shape index (κ1) is 16.5. The SMILES string of the molecule is FC(F)(F)Oc1ccc(-c2ccc3onc(-n4cnc(Cl)c4)c3c2)cc1. The van der Waals surface area contributed by atoms with Crippen LogP contribution in [0.25, 0.3) is 27.9 Å². The first-order valence-electron chi connectivity index (χ1n) is 7.34. The highest BCUT2D eigenvalue weighted by Crippen LogP contribution is 2.30. The number of nitrogens with zero attached hydrogens (tertiary/aromatic N) is 3. The van der Waals surface area contributed by atoms with Gasteiger partial charge < -0.3 is 9.26 Å². The first-order valence-corrected chi connectivity index (χ1v) is 7.72. The number of fused-ring (bicyclic) bond motifs is 1. The summed E-state index contributed by atoms with van der Waals surface area (Å²) in [4.78, 5) is 3.94. The van der Waals surface area contributed by atoms with E-state index in [2.05, 4.69) is 14.9 Å². The molecule has 4 aromatic rings. The number of aromatic nitrogens is 3. The van der Waals surface area contributed by atoms with E-state index in [-0.39, 0.29) is 5.75 Å². The van der Waals surface area contributed by atoms with Gasteiger partial charge in [-0.1, -0.05) is 35.0 Å². The van der Waals surface area contributed by atoms with Crippen LogP contribution in [-0.2, 0) is 0 Å². The molecule has 0 radical (unpaired) electrons. The summed E-state index contributed by atoms with van der Waals surface area (Å²) in [5, 5.41) is 5.04. The highest BCUT2D eigenvalue weighted by atomic mass is 35.5. The number of hydrogen-bond acceptors (Lipinski definition) is 4. The number of imidazole rings is 1. The van der Waals surface area contributed by atoms with Crippen LogP contribution in [0.2, 0.25) is 5.15 Å². The molecule has 26 heavy (non-hydrogen) atoms. The molecule has 2 aromatic heterocycles. The van der Waals surface area contributed by atoms with Crippen LogP contribution >= 0.6 is 11.6 Å². The molecule has 0 aliphatic carbocycles. The lowest BCUT2D eigenvalue weighted by Gasteiger charge is -2.09. The van der Waals surface area contributed by atoms with Gasteiger partial charge in [0.2, 0.25) is 0 Å². The molecule has 0 saturated heterocycles. The summed E-state index contributed by atoms with van der Waals surface area (Å²) >= 11 is 5.83. The van der Waals surface area contributed by atoms with Gasteiger partial charge in [0.05, 0.1) is 5.39 Å². The molecule has 0 aliphatic heterocycles. The van der Waals surface area contributed by atoms with Crippen molar-refractivity contribution in [3.8, 4) is 22.7 Å². The van der Waals surface area contributed by atoms with Crippen molar-refractivity contribution >= 4 is 22.6 Å². The fourth-order valence-electron chi connectivity index (χ4n) is 2.56. The Bertz CT molecular complexity index is 1070. The van der Waals surface area contributed by atoms with E-state index in [4.69, 9.17) is 16.1 Å². The molecule has 5 nitrogen and oxygen atoms in total. The van der Waals surface area contributed by atoms with Gasteiger partial charge in [-0.3, -0.25) is 4.57 Å². The molecule has 0 bridgehead atoms. The highest BCUT2D eigenvalue weighted by molar-refractivity contribution is 6.29. The van der Waals surface area contributed by atoms with Gasteiger partial charge in [0.1, 0.15) is 17.2 Å². The van der Waals surface area contributed by atoms with Crippen molar-refractivity contribution in [1.82, 2.24) is 14.7 Å². The van der Waals surface area contributed by atoms with Crippen LogP contribution in [0.15, 0.2) is 59.5 Å². The summed E-state index contributed by atoms with van der Waals surface area (Å²) < 4.78 is 47.6. The molecule has 132 valence electrons. The van der Waals surface area contributed by atoms with Crippen LogP contribution in [0.3, 0.4) is 0 Å². The Kier molecular flexibility index (Phi) is 3.84. The van der Waals surface area contributed by atoms with Gasteiger partial charge in [0.25, 0.3) is 0 Å². The van der Waals surface area contributed by atoms with Crippen molar-refractivity contribution in [2.75, 3.05) is 0 Å². The lowest BCUT2D eigenvalue weighted by molar-refractivity contribution is -0.274. The van der Waals surface area contributed by atoms with Crippen molar-refractivity contribution in [1.29, 1.82) is 0 Å². The summed E-state index contributed by atoms with van der Waals surface area (Å²) in [5.41, 5.74) is 2.06. The molecule has 0 saturated carbocycles. The third kappa shape index (κ3) is 3.23. The minimum absolute atomic E-state index is 0.277. The van der Waals surface area contributed by atoms with Gasteiger partial charge in [-0.2, -0.15) is 0 Å². The largest absolute Gasteiger partial charge is 0.573 e. The van der Waals surface area contributed by atoms with Crippen LogP contribution in [0, 0.1) is 0 Å². The zero-order valence-electron chi connectivity index (χ0n) is 12.9. The maximum atomic E-state index is 12.3. The van der Waals surface area contributed by atoms with Crippen LogP contribution in [0.4, 0.5) is 13.2 Å². The summed E-state index contributed by atoms with van der Waals surface area (Å²) in [6, 6.07) is 11.0. The van der Waals surface area contributed by atoms with Crippen molar-refractivity contribution in [3.63, 3.8) is 0 Å². The van der Waals surface area contributed by atoms with Gasteiger partial charge in [-0.25, -0.2) is 4.98 Å². The molecule has 0 amide bonds. The monoisotopic (exact) mass is 379 g/mol. The van der Waals surface area contributed by atoms with Crippen LogP contribution in [0.1, 0.15) is 0 Å². The molecule has 2 heterocycles. The van der Waals surface area contributed by atoms with Crippen LogP contribution in [-0.4, -0.2) is 21.1 Å². The third-order valence-corrected chi connectivity index (χ3v) is 3.86. The summed E-state index contributed by atoms with van der Waals surface area (Å²) in [6.07, 6.45) is -1.62. The van der Waals surface area contributed by atoms with E-state index in [0.29, 0.717) is 21.9 Å². The van der Waals surface area contributed by atoms with Crippen molar-refractivity contribution < 1.29 is 22.4 Å². The molecule has 4 rings (SSSR count). The smallest absolute Gasteiger partial charge is 0.406 e. The Morgan fingerprint density at radius 1 is 1.04 bits per heavy atom. The Morgan fingerprint density at radius 3 is 2.42 bits per heavy atom. The van der Waals surface area contributed by atoms with E-state index >= 15 is 0 Å². The maximum absolute atomic E-state index is 12.3. The average Bonchev–Trinajstić information content (AvgIpc) is 3.19. The van der Waals surface area contributed by atoms with E-state index in [1.54, 1.807) is 35.0 Å². The highest BCUT2D eigenvalue weighted by Gasteiger charge is 2.30. The van der Waals surface area contributed by atoms with E-state index in [0.717, 1.165) is 11.1 Å². The molecular weight excluding hydrogens is 371 g/mol. The molecule has 0 aliphatic rings. The minimum atomic E-state index is -4.72. The second-order valence-corrected chi connectivity index (χ2v) is 5.78. The Morgan fingerprint density at radius 2 is 1.77 bits per heavy atom.